The van der Waals surface area contributed by atoms with Crippen molar-refractivity contribution in [3.63, 3.8) is 0 Å². The van der Waals surface area contributed by atoms with E-state index in [-0.39, 0.29) is 43.2 Å². The minimum atomic E-state index is -0.388. The molecular formula is C22H19Cl2N3O5. The number of hydrogen-bond donors (Lipinski definition) is 3. The van der Waals surface area contributed by atoms with Crippen LogP contribution in [0.5, 0.6) is 5.75 Å². The van der Waals surface area contributed by atoms with Crippen LogP contribution in [0.1, 0.15) is 20.9 Å². The van der Waals surface area contributed by atoms with E-state index < -0.39 is 0 Å². The van der Waals surface area contributed by atoms with Gasteiger partial charge in [0, 0.05) is 29.4 Å². The number of anilines is 1. The summed E-state index contributed by atoms with van der Waals surface area (Å²) in [5.74, 6) is -0.503. The van der Waals surface area contributed by atoms with Crippen molar-refractivity contribution >= 4 is 46.6 Å². The third-order valence-electron chi connectivity index (χ3n) is 4.12. The summed E-state index contributed by atoms with van der Waals surface area (Å²) in [6.45, 7) is 0.249. The summed E-state index contributed by atoms with van der Waals surface area (Å²) < 4.78 is 10.4. The molecule has 1 aromatic heterocycles. The Morgan fingerprint density at radius 1 is 0.906 bits per heavy atom. The van der Waals surface area contributed by atoms with Gasteiger partial charge in [0.1, 0.15) is 5.75 Å². The lowest BCUT2D eigenvalue weighted by atomic mass is 10.2. The molecule has 2 aromatic carbocycles. The van der Waals surface area contributed by atoms with Crippen molar-refractivity contribution in [2.24, 2.45) is 0 Å². The Bertz CT molecular complexity index is 1090. The molecule has 0 aliphatic carbocycles. The summed E-state index contributed by atoms with van der Waals surface area (Å²) in [6, 6.07) is 14.2. The van der Waals surface area contributed by atoms with E-state index in [4.69, 9.17) is 32.4 Å². The van der Waals surface area contributed by atoms with Crippen molar-refractivity contribution in [3.05, 3.63) is 82.2 Å². The van der Waals surface area contributed by atoms with Crippen molar-refractivity contribution in [1.82, 2.24) is 10.6 Å². The summed E-state index contributed by atoms with van der Waals surface area (Å²) in [6.07, 6.45) is 1.41. The number of hydrogen-bond acceptors (Lipinski definition) is 5. The predicted molar refractivity (Wildman–Crippen MR) is 120 cm³/mol. The second-order valence-electron chi connectivity index (χ2n) is 6.48. The zero-order valence-corrected chi connectivity index (χ0v) is 18.2. The van der Waals surface area contributed by atoms with Crippen LogP contribution in [0, 0.1) is 0 Å². The quantitative estimate of drug-likeness (QED) is 0.408. The molecule has 0 saturated heterocycles. The van der Waals surface area contributed by atoms with Crippen LogP contribution < -0.4 is 20.7 Å². The molecule has 0 spiro atoms. The summed E-state index contributed by atoms with van der Waals surface area (Å²) >= 11 is 11.8. The summed E-state index contributed by atoms with van der Waals surface area (Å²) in [5.41, 5.74) is 0.910. The SMILES string of the molecule is O=C(COc1ccc(Cl)cc1Cl)Nc1ccc(C(=O)NCCNC(=O)c2ccco2)cc1. The van der Waals surface area contributed by atoms with Crippen LogP contribution in [0.25, 0.3) is 0 Å². The first-order chi connectivity index (χ1) is 15.4. The number of ether oxygens (including phenoxy) is 1. The van der Waals surface area contributed by atoms with E-state index >= 15 is 0 Å². The standard InChI is InChI=1S/C22H19Cl2N3O5/c23-15-5-8-18(17(24)12-15)32-13-20(28)27-16-6-3-14(4-7-16)21(29)25-9-10-26-22(30)19-2-1-11-31-19/h1-8,11-12H,9-10,13H2,(H,25,29)(H,26,30)(H,27,28). The Kier molecular flexibility index (Phi) is 8.13. The highest BCUT2D eigenvalue weighted by Gasteiger charge is 2.10. The van der Waals surface area contributed by atoms with Gasteiger partial charge >= 0.3 is 0 Å². The fourth-order valence-corrected chi connectivity index (χ4v) is 3.05. The second-order valence-corrected chi connectivity index (χ2v) is 7.32. The molecule has 0 unspecified atom stereocenters. The van der Waals surface area contributed by atoms with E-state index in [0.717, 1.165) is 0 Å². The molecule has 1 heterocycles. The molecule has 0 aliphatic heterocycles. The third-order valence-corrected chi connectivity index (χ3v) is 4.66. The zero-order chi connectivity index (χ0) is 22.9. The summed E-state index contributed by atoms with van der Waals surface area (Å²) in [4.78, 5) is 36.0. The molecule has 32 heavy (non-hydrogen) atoms. The average Bonchev–Trinajstić information content (AvgIpc) is 3.31. The number of benzene rings is 2. The second kappa shape index (κ2) is 11.2. The Labute approximate surface area is 193 Å². The highest BCUT2D eigenvalue weighted by atomic mass is 35.5. The molecule has 0 bridgehead atoms. The van der Waals surface area contributed by atoms with Crippen LogP contribution in [-0.2, 0) is 4.79 Å². The Hall–Kier alpha value is -3.49. The summed E-state index contributed by atoms with van der Waals surface area (Å²) in [5, 5.41) is 8.76. The molecule has 3 N–H and O–H groups in total. The van der Waals surface area contributed by atoms with Gasteiger partial charge in [-0.25, -0.2) is 0 Å². The van der Waals surface area contributed by atoms with E-state index in [2.05, 4.69) is 16.0 Å². The minimum Gasteiger partial charge on any atom is -0.482 e. The van der Waals surface area contributed by atoms with E-state index in [1.165, 1.54) is 12.3 Å². The predicted octanol–water partition coefficient (Wildman–Crippen LogP) is 3.76. The van der Waals surface area contributed by atoms with Gasteiger partial charge in [0.2, 0.25) is 0 Å². The molecule has 166 valence electrons. The largest absolute Gasteiger partial charge is 0.482 e. The monoisotopic (exact) mass is 475 g/mol. The van der Waals surface area contributed by atoms with Crippen LogP contribution in [0.2, 0.25) is 10.0 Å². The van der Waals surface area contributed by atoms with Gasteiger partial charge in [-0.2, -0.15) is 0 Å². The molecule has 0 radical (unpaired) electrons. The lowest BCUT2D eigenvalue weighted by molar-refractivity contribution is -0.118. The topological polar surface area (TPSA) is 110 Å². The maximum absolute atomic E-state index is 12.2. The number of carbonyl (C=O) groups excluding carboxylic acids is 3. The Morgan fingerprint density at radius 3 is 2.28 bits per heavy atom. The number of halogens is 2. The van der Waals surface area contributed by atoms with Crippen molar-refractivity contribution in [2.45, 2.75) is 0 Å². The fourth-order valence-electron chi connectivity index (χ4n) is 2.59. The van der Waals surface area contributed by atoms with Crippen LogP contribution in [0.15, 0.2) is 65.3 Å². The normalized spacial score (nSPS) is 10.3. The van der Waals surface area contributed by atoms with Crippen molar-refractivity contribution < 1.29 is 23.5 Å². The molecule has 0 aliphatic rings. The van der Waals surface area contributed by atoms with Crippen LogP contribution >= 0.6 is 23.2 Å². The van der Waals surface area contributed by atoms with Gasteiger partial charge < -0.3 is 25.1 Å². The first-order valence-corrected chi connectivity index (χ1v) is 10.3. The van der Waals surface area contributed by atoms with E-state index in [1.807, 2.05) is 0 Å². The van der Waals surface area contributed by atoms with E-state index in [9.17, 15) is 14.4 Å². The molecule has 8 nitrogen and oxygen atoms in total. The van der Waals surface area contributed by atoms with Gasteiger partial charge in [-0.05, 0) is 54.6 Å². The van der Waals surface area contributed by atoms with Crippen molar-refractivity contribution in [1.29, 1.82) is 0 Å². The Balaban J connectivity index is 1.40. The van der Waals surface area contributed by atoms with Gasteiger partial charge in [-0.1, -0.05) is 23.2 Å². The molecular weight excluding hydrogens is 457 g/mol. The number of nitrogens with one attached hydrogen (secondary N) is 3. The Morgan fingerprint density at radius 2 is 1.62 bits per heavy atom. The van der Waals surface area contributed by atoms with E-state index in [0.29, 0.717) is 27.0 Å². The van der Waals surface area contributed by atoms with Crippen LogP contribution in [0.3, 0.4) is 0 Å². The minimum absolute atomic E-state index is 0.204. The van der Waals surface area contributed by atoms with Gasteiger partial charge in [-0.3, -0.25) is 14.4 Å². The lowest BCUT2D eigenvalue weighted by Gasteiger charge is -2.10. The number of furan rings is 1. The third kappa shape index (κ3) is 6.76. The number of rotatable bonds is 9. The number of amides is 3. The highest BCUT2D eigenvalue weighted by molar-refractivity contribution is 6.35. The molecule has 0 atom stereocenters. The van der Waals surface area contributed by atoms with E-state index in [1.54, 1.807) is 48.5 Å². The van der Waals surface area contributed by atoms with Gasteiger partial charge in [0.25, 0.3) is 17.7 Å². The van der Waals surface area contributed by atoms with Crippen LogP contribution in [0.4, 0.5) is 5.69 Å². The smallest absolute Gasteiger partial charge is 0.287 e. The van der Waals surface area contributed by atoms with Gasteiger partial charge in [-0.15, -0.1) is 0 Å². The highest BCUT2D eigenvalue weighted by Crippen LogP contribution is 2.27. The van der Waals surface area contributed by atoms with Crippen molar-refractivity contribution in [2.75, 3.05) is 25.0 Å². The fraction of sp³-hybridized carbons (Fsp3) is 0.136. The van der Waals surface area contributed by atoms with Crippen molar-refractivity contribution in [3.8, 4) is 5.75 Å². The maximum Gasteiger partial charge on any atom is 0.287 e. The first kappa shape index (κ1) is 23.2. The molecule has 0 saturated carbocycles. The first-order valence-electron chi connectivity index (χ1n) is 9.50. The van der Waals surface area contributed by atoms with Gasteiger partial charge in [0.05, 0.1) is 11.3 Å². The maximum atomic E-state index is 12.2. The van der Waals surface area contributed by atoms with Crippen LogP contribution in [-0.4, -0.2) is 37.4 Å². The molecule has 3 rings (SSSR count). The average molecular weight is 476 g/mol. The lowest BCUT2D eigenvalue weighted by Crippen LogP contribution is -2.34. The summed E-state index contributed by atoms with van der Waals surface area (Å²) in [7, 11) is 0. The van der Waals surface area contributed by atoms with Gasteiger partial charge in [0.15, 0.2) is 12.4 Å². The molecule has 3 amide bonds. The number of carbonyl (C=O) groups is 3. The molecule has 10 heteroatoms. The molecule has 0 fully saturated rings. The molecule has 3 aromatic rings. The zero-order valence-electron chi connectivity index (χ0n) is 16.7.